The third-order valence-electron chi connectivity index (χ3n) is 2.83. The Balaban J connectivity index is 2.37. The number of benzene rings is 1. The zero-order chi connectivity index (χ0) is 10.1. The fourth-order valence-corrected chi connectivity index (χ4v) is 2.14. The second kappa shape index (κ2) is 3.73. The molecule has 1 aromatic carbocycles. The van der Waals surface area contributed by atoms with E-state index in [1.165, 1.54) is 5.56 Å². The largest absolute Gasteiger partial charge is 0.474 e. The van der Waals surface area contributed by atoms with E-state index >= 15 is 0 Å². The SMILES string of the molecule is CCN1Cc2ccccc2C1B(O)O. The van der Waals surface area contributed by atoms with E-state index in [0.29, 0.717) is 0 Å². The van der Waals surface area contributed by atoms with Gasteiger partial charge < -0.3 is 10.0 Å². The van der Waals surface area contributed by atoms with Crippen molar-refractivity contribution in [3.63, 3.8) is 0 Å². The van der Waals surface area contributed by atoms with Crippen molar-refractivity contribution in [2.75, 3.05) is 6.54 Å². The summed E-state index contributed by atoms with van der Waals surface area (Å²) in [5.41, 5.74) is 2.25. The Kier molecular flexibility index (Phi) is 2.59. The molecule has 0 amide bonds. The van der Waals surface area contributed by atoms with Crippen LogP contribution in [0.3, 0.4) is 0 Å². The fourth-order valence-electron chi connectivity index (χ4n) is 2.14. The Bertz CT molecular complexity index is 330. The molecule has 3 nitrogen and oxygen atoms in total. The predicted molar refractivity (Wildman–Crippen MR) is 55.5 cm³/mol. The highest BCUT2D eigenvalue weighted by Gasteiger charge is 2.36. The minimum Gasteiger partial charge on any atom is -0.426 e. The Hall–Kier alpha value is -0.835. The van der Waals surface area contributed by atoms with Crippen molar-refractivity contribution < 1.29 is 10.0 Å². The fraction of sp³-hybridized carbons (Fsp3) is 0.400. The van der Waals surface area contributed by atoms with Crippen LogP contribution in [0.1, 0.15) is 24.0 Å². The summed E-state index contributed by atoms with van der Waals surface area (Å²) in [7, 11) is -1.29. The van der Waals surface area contributed by atoms with Crippen LogP contribution in [-0.4, -0.2) is 28.6 Å². The first-order valence-electron chi connectivity index (χ1n) is 4.92. The molecule has 4 heteroatoms. The monoisotopic (exact) mass is 191 g/mol. The van der Waals surface area contributed by atoms with Gasteiger partial charge in [-0.1, -0.05) is 31.2 Å². The molecule has 1 heterocycles. The number of rotatable bonds is 2. The van der Waals surface area contributed by atoms with Gasteiger partial charge in [-0.15, -0.1) is 0 Å². The molecule has 2 rings (SSSR count). The molecular weight excluding hydrogens is 177 g/mol. The first kappa shape index (κ1) is 9.71. The molecule has 0 bridgehead atoms. The zero-order valence-corrected chi connectivity index (χ0v) is 8.22. The van der Waals surface area contributed by atoms with Gasteiger partial charge in [-0.25, -0.2) is 0 Å². The number of fused-ring (bicyclic) bond motifs is 1. The summed E-state index contributed by atoms with van der Waals surface area (Å²) in [5, 5.41) is 18.6. The van der Waals surface area contributed by atoms with Gasteiger partial charge in [0, 0.05) is 6.54 Å². The molecule has 74 valence electrons. The van der Waals surface area contributed by atoms with E-state index in [4.69, 9.17) is 0 Å². The maximum Gasteiger partial charge on any atom is 0.474 e. The van der Waals surface area contributed by atoms with Gasteiger partial charge in [0.2, 0.25) is 0 Å². The van der Waals surface area contributed by atoms with Crippen LogP contribution < -0.4 is 0 Å². The highest BCUT2D eigenvalue weighted by molar-refractivity contribution is 6.43. The third kappa shape index (κ3) is 1.45. The summed E-state index contributed by atoms with van der Waals surface area (Å²) in [6.07, 6.45) is 0. The molecule has 0 aromatic heterocycles. The van der Waals surface area contributed by atoms with Gasteiger partial charge in [-0.05, 0) is 17.7 Å². The summed E-state index contributed by atoms with van der Waals surface area (Å²) < 4.78 is 0. The number of hydrogen-bond acceptors (Lipinski definition) is 3. The van der Waals surface area contributed by atoms with Crippen molar-refractivity contribution in [2.45, 2.75) is 19.4 Å². The van der Waals surface area contributed by atoms with E-state index in [2.05, 4.69) is 4.90 Å². The van der Waals surface area contributed by atoms with Crippen LogP contribution in [0.5, 0.6) is 0 Å². The Labute approximate surface area is 84.1 Å². The number of hydrogen-bond donors (Lipinski definition) is 2. The van der Waals surface area contributed by atoms with E-state index in [1.54, 1.807) is 0 Å². The standard InChI is InChI=1S/C10H14BNO2/c1-2-12-7-8-5-3-4-6-9(8)10(12)11(13)14/h3-6,10,13-14H,2,7H2,1H3. The molecule has 2 N–H and O–H groups in total. The maximum absolute atomic E-state index is 9.31. The predicted octanol–water partition coefficient (Wildman–Crippen LogP) is 0.575. The van der Waals surface area contributed by atoms with Crippen LogP contribution in [0, 0.1) is 0 Å². The first-order chi connectivity index (χ1) is 6.74. The van der Waals surface area contributed by atoms with E-state index in [-0.39, 0.29) is 5.94 Å². The van der Waals surface area contributed by atoms with Crippen LogP contribution in [0.15, 0.2) is 24.3 Å². The first-order valence-corrected chi connectivity index (χ1v) is 4.92. The van der Waals surface area contributed by atoms with Crippen LogP contribution in [0.2, 0.25) is 0 Å². The third-order valence-corrected chi connectivity index (χ3v) is 2.83. The van der Waals surface area contributed by atoms with Gasteiger partial charge in [-0.2, -0.15) is 0 Å². The average molecular weight is 191 g/mol. The maximum atomic E-state index is 9.31. The molecular formula is C10H14BNO2. The van der Waals surface area contributed by atoms with Crippen LogP contribution in [0.25, 0.3) is 0 Å². The zero-order valence-electron chi connectivity index (χ0n) is 8.22. The summed E-state index contributed by atoms with van der Waals surface area (Å²) in [5.74, 6) is -0.254. The van der Waals surface area contributed by atoms with Crippen molar-refractivity contribution in [3.8, 4) is 0 Å². The van der Waals surface area contributed by atoms with Crippen molar-refractivity contribution in [1.29, 1.82) is 0 Å². The number of nitrogens with zero attached hydrogens (tertiary/aromatic N) is 1. The molecule has 0 radical (unpaired) electrons. The average Bonchev–Trinajstić information content (AvgIpc) is 2.55. The van der Waals surface area contributed by atoms with Crippen molar-refractivity contribution in [2.24, 2.45) is 0 Å². The second-order valence-corrected chi connectivity index (χ2v) is 3.62. The van der Waals surface area contributed by atoms with Gasteiger partial charge in [0.25, 0.3) is 0 Å². The highest BCUT2D eigenvalue weighted by atomic mass is 16.4. The summed E-state index contributed by atoms with van der Waals surface area (Å²) in [4.78, 5) is 2.06. The molecule has 0 saturated carbocycles. The van der Waals surface area contributed by atoms with Gasteiger partial charge in [0.15, 0.2) is 0 Å². The molecule has 0 fully saturated rings. The topological polar surface area (TPSA) is 43.7 Å². The molecule has 1 unspecified atom stereocenters. The minimum absolute atomic E-state index is 0.254. The van der Waals surface area contributed by atoms with Crippen LogP contribution in [-0.2, 0) is 6.54 Å². The molecule has 1 aromatic rings. The van der Waals surface area contributed by atoms with E-state index < -0.39 is 7.12 Å². The van der Waals surface area contributed by atoms with Gasteiger partial charge in [-0.3, -0.25) is 4.90 Å². The Morgan fingerprint density at radius 2 is 2.14 bits per heavy atom. The Morgan fingerprint density at radius 1 is 1.43 bits per heavy atom. The van der Waals surface area contributed by atoms with Crippen molar-refractivity contribution >= 4 is 7.12 Å². The summed E-state index contributed by atoms with van der Waals surface area (Å²) >= 11 is 0. The van der Waals surface area contributed by atoms with Gasteiger partial charge >= 0.3 is 7.12 Å². The molecule has 0 aliphatic carbocycles. The van der Waals surface area contributed by atoms with Crippen molar-refractivity contribution in [1.82, 2.24) is 4.90 Å². The molecule has 0 spiro atoms. The lowest BCUT2D eigenvalue weighted by Gasteiger charge is -2.22. The van der Waals surface area contributed by atoms with Crippen LogP contribution in [0.4, 0.5) is 0 Å². The lowest BCUT2D eigenvalue weighted by atomic mass is 9.75. The van der Waals surface area contributed by atoms with E-state index in [9.17, 15) is 10.0 Å². The lowest BCUT2D eigenvalue weighted by molar-refractivity contribution is 0.237. The molecule has 0 saturated heterocycles. The Morgan fingerprint density at radius 3 is 2.79 bits per heavy atom. The van der Waals surface area contributed by atoms with Gasteiger partial charge in [0.05, 0.1) is 5.94 Å². The molecule has 1 atom stereocenters. The smallest absolute Gasteiger partial charge is 0.426 e. The lowest BCUT2D eigenvalue weighted by Crippen LogP contribution is -2.34. The minimum atomic E-state index is -1.29. The quantitative estimate of drug-likeness (QED) is 0.671. The highest BCUT2D eigenvalue weighted by Crippen LogP contribution is 2.33. The van der Waals surface area contributed by atoms with E-state index in [1.807, 2.05) is 31.2 Å². The normalized spacial score (nSPS) is 20.9. The molecule has 1 aliphatic rings. The second-order valence-electron chi connectivity index (χ2n) is 3.62. The summed E-state index contributed by atoms with van der Waals surface area (Å²) in [6.45, 7) is 3.67. The molecule has 14 heavy (non-hydrogen) atoms. The van der Waals surface area contributed by atoms with E-state index in [0.717, 1.165) is 18.7 Å². The summed E-state index contributed by atoms with van der Waals surface area (Å²) in [6, 6.07) is 7.93. The van der Waals surface area contributed by atoms with Crippen LogP contribution >= 0.6 is 0 Å². The molecule has 1 aliphatic heterocycles. The van der Waals surface area contributed by atoms with Gasteiger partial charge in [0.1, 0.15) is 0 Å². The van der Waals surface area contributed by atoms with Crippen molar-refractivity contribution in [3.05, 3.63) is 35.4 Å².